The lowest BCUT2D eigenvalue weighted by Crippen LogP contribution is -2.58. The Kier molecular flexibility index (Phi) is 3.52. The van der Waals surface area contributed by atoms with E-state index >= 15 is 0 Å². The Morgan fingerprint density at radius 1 is 0.952 bits per heavy atom. The standard InChI is InChI=1S/C18H30N2O/c1-20(18(21)15-4-2-3-5-16(15)19)17-13-7-11-6-12(9-13)10-14(17)8-11/h11-17H,2-10,19H2,1H3. The first-order valence-electron chi connectivity index (χ1n) is 9.15. The van der Waals surface area contributed by atoms with Gasteiger partial charge in [0.2, 0.25) is 5.91 Å². The van der Waals surface area contributed by atoms with Gasteiger partial charge in [0.15, 0.2) is 0 Å². The fourth-order valence-electron chi connectivity index (χ4n) is 6.40. The summed E-state index contributed by atoms with van der Waals surface area (Å²) in [5.41, 5.74) is 6.24. The van der Waals surface area contributed by atoms with E-state index in [1.165, 1.54) is 44.9 Å². The Labute approximate surface area is 128 Å². The highest BCUT2D eigenvalue weighted by Gasteiger charge is 2.50. The molecule has 0 heterocycles. The molecule has 0 aliphatic heterocycles. The number of carbonyl (C=O) groups is 1. The van der Waals surface area contributed by atoms with E-state index in [0.717, 1.165) is 36.5 Å². The molecule has 3 nitrogen and oxygen atoms in total. The van der Waals surface area contributed by atoms with Crippen LogP contribution in [0.4, 0.5) is 0 Å². The second-order valence-corrected chi connectivity index (χ2v) is 8.43. The van der Waals surface area contributed by atoms with Gasteiger partial charge in [0.25, 0.3) is 0 Å². The third-order valence-electron chi connectivity index (χ3n) is 7.11. The zero-order valence-electron chi connectivity index (χ0n) is 13.3. The molecule has 1 amide bonds. The van der Waals surface area contributed by atoms with Crippen LogP contribution in [0, 0.1) is 29.6 Å². The van der Waals surface area contributed by atoms with Crippen LogP contribution in [0.2, 0.25) is 0 Å². The van der Waals surface area contributed by atoms with Gasteiger partial charge in [-0.05, 0) is 68.6 Å². The van der Waals surface area contributed by atoms with E-state index < -0.39 is 0 Å². The van der Waals surface area contributed by atoms with Crippen molar-refractivity contribution in [1.82, 2.24) is 4.90 Å². The quantitative estimate of drug-likeness (QED) is 0.850. The summed E-state index contributed by atoms with van der Waals surface area (Å²) in [5, 5.41) is 0. The molecule has 5 aliphatic rings. The van der Waals surface area contributed by atoms with Gasteiger partial charge in [0, 0.05) is 19.1 Å². The molecule has 0 aromatic carbocycles. The summed E-state index contributed by atoms with van der Waals surface area (Å²) in [6.07, 6.45) is 11.4. The average molecular weight is 290 g/mol. The molecule has 5 rings (SSSR count). The van der Waals surface area contributed by atoms with Crippen molar-refractivity contribution in [2.75, 3.05) is 7.05 Å². The zero-order valence-corrected chi connectivity index (χ0v) is 13.3. The fourth-order valence-corrected chi connectivity index (χ4v) is 6.40. The first-order chi connectivity index (χ1) is 10.1. The molecule has 2 unspecified atom stereocenters. The van der Waals surface area contributed by atoms with Crippen molar-refractivity contribution in [3.8, 4) is 0 Å². The molecule has 21 heavy (non-hydrogen) atoms. The molecule has 4 bridgehead atoms. The molecule has 0 saturated heterocycles. The largest absolute Gasteiger partial charge is 0.342 e. The van der Waals surface area contributed by atoms with Gasteiger partial charge in [-0.15, -0.1) is 0 Å². The number of nitrogens with two attached hydrogens (primary N) is 1. The molecule has 2 atom stereocenters. The second kappa shape index (κ2) is 5.26. The van der Waals surface area contributed by atoms with Gasteiger partial charge in [0.1, 0.15) is 0 Å². The maximum atomic E-state index is 13.0. The minimum atomic E-state index is 0.0981. The van der Waals surface area contributed by atoms with Gasteiger partial charge >= 0.3 is 0 Å². The first kappa shape index (κ1) is 14.0. The average Bonchev–Trinajstić information content (AvgIpc) is 2.45. The number of amides is 1. The van der Waals surface area contributed by atoms with Crippen molar-refractivity contribution in [2.24, 2.45) is 35.3 Å². The Bertz CT molecular complexity index is 393. The summed E-state index contributed by atoms with van der Waals surface area (Å²) in [4.78, 5) is 15.1. The normalized spacial score (nSPS) is 48.4. The van der Waals surface area contributed by atoms with Crippen LogP contribution in [0.15, 0.2) is 0 Å². The fraction of sp³-hybridized carbons (Fsp3) is 0.944. The molecule has 118 valence electrons. The number of carbonyl (C=O) groups excluding carboxylic acids is 1. The molecule has 0 aromatic rings. The van der Waals surface area contributed by atoms with Crippen LogP contribution in [0.1, 0.15) is 57.8 Å². The smallest absolute Gasteiger partial charge is 0.227 e. The number of rotatable bonds is 2. The highest BCUT2D eigenvalue weighted by atomic mass is 16.2. The Hall–Kier alpha value is -0.570. The molecule has 0 radical (unpaired) electrons. The van der Waals surface area contributed by atoms with E-state index in [9.17, 15) is 4.79 Å². The highest BCUT2D eigenvalue weighted by molar-refractivity contribution is 5.79. The maximum absolute atomic E-state index is 13.0. The molecule has 5 saturated carbocycles. The Morgan fingerprint density at radius 2 is 1.52 bits per heavy atom. The van der Waals surface area contributed by atoms with Gasteiger partial charge in [-0.25, -0.2) is 0 Å². The molecule has 5 fully saturated rings. The lowest BCUT2D eigenvalue weighted by molar-refractivity contribution is -0.147. The molecule has 0 spiro atoms. The summed E-state index contributed by atoms with van der Waals surface area (Å²) < 4.78 is 0. The summed E-state index contributed by atoms with van der Waals surface area (Å²) in [6, 6.07) is 0.630. The predicted octanol–water partition coefficient (Wildman–Crippen LogP) is 2.79. The third-order valence-corrected chi connectivity index (χ3v) is 7.11. The molecule has 5 aliphatic carbocycles. The second-order valence-electron chi connectivity index (χ2n) is 8.43. The van der Waals surface area contributed by atoms with E-state index in [0.29, 0.717) is 11.9 Å². The maximum Gasteiger partial charge on any atom is 0.227 e. The SMILES string of the molecule is CN(C(=O)C1CCCCC1N)C1C2CC3CC(C2)CC1C3. The van der Waals surface area contributed by atoms with Gasteiger partial charge < -0.3 is 10.6 Å². The summed E-state index contributed by atoms with van der Waals surface area (Å²) in [5.74, 6) is 3.99. The summed E-state index contributed by atoms with van der Waals surface area (Å²) >= 11 is 0. The van der Waals surface area contributed by atoms with Crippen molar-refractivity contribution in [2.45, 2.75) is 69.9 Å². The van der Waals surface area contributed by atoms with Crippen LogP contribution in [0.5, 0.6) is 0 Å². The minimum Gasteiger partial charge on any atom is -0.342 e. The van der Waals surface area contributed by atoms with Crippen molar-refractivity contribution in [3.63, 3.8) is 0 Å². The van der Waals surface area contributed by atoms with E-state index in [1.54, 1.807) is 0 Å². The number of hydrogen-bond acceptors (Lipinski definition) is 2. The van der Waals surface area contributed by atoms with Crippen molar-refractivity contribution >= 4 is 5.91 Å². The van der Waals surface area contributed by atoms with Crippen LogP contribution in [-0.4, -0.2) is 29.9 Å². The van der Waals surface area contributed by atoms with Gasteiger partial charge in [0.05, 0.1) is 5.92 Å². The van der Waals surface area contributed by atoms with E-state index in [1.807, 2.05) is 0 Å². The van der Waals surface area contributed by atoms with Gasteiger partial charge in [-0.1, -0.05) is 12.8 Å². The van der Waals surface area contributed by atoms with Gasteiger partial charge in [-0.2, -0.15) is 0 Å². The van der Waals surface area contributed by atoms with Crippen LogP contribution in [0.25, 0.3) is 0 Å². The Morgan fingerprint density at radius 3 is 2.10 bits per heavy atom. The van der Waals surface area contributed by atoms with Crippen LogP contribution >= 0.6 is 0 Å². The lowest BCUT2D eigenvalue weighted by Gasteiger charge is -2.57. The van der Waals surface area contributed by atoms with Crippen LogP contribution < -0.4 is 5.73 Å². The minimum absolute atomic E-state index is 0.0981. The molecule has 2 N–H and O–H groups in total. The monoisotopic (exact) mass is 290 g/mol. The summed E-state index contributed by atoms with van der Waals surface area (Å²) in [6.45, 7) is 0. The third kappa shape index (κ3) is 2.32. The predicted molar refractivity (Wildman–Crippen MR) is 83.5 cm³/mol. The summed E-state index contributed by atoms with van der Waals surface area (Å²) in [7, 11) is 2.08. The van der Waals surface area contributed by atoms with Crippen LogP contribution in [-0.2, 0) is 4.79 Å². The number of hydrogen-bond donors (Lipinski definition) is 1. The first-order valence-corrected chi connectivity index (χ1v) is 9.15. The molecular formula is C18H30N2O. The van der Waals surface area contributed by atoms with Crippen molar-refractivity contribution in [1.29, 1.82) is 0 Å². The number of nitrogens with zero attached hydrogens (tertiary/aromatic N) is 1. The van der Waals surface area contributed by atoms with E-state index in [4.69, 9.17) is 5.73 Å². The van der Waals surface area contributed by atoms with Crippen molar-refractivity contribution in [3.05, 3.63) is 0 Å². The van der Waals surface area contributed by atoms with Gasteiger partial charge in [-0.3, -0.25) is 4.79 Å². The van der Waals surface area contributed by atoms with Crippen LogP contribution in [0.3, 0.4) is 0 Å². The molecule has 3 heteroatoms. The van der Waals surface area contributed by atoms with E-state index in [-0.39, 0.29) is 12.0 Å². The molecule has 0 aromatic heterocycles. The zero-order chi connectivity index (χ0) is 14.6. The Balaban J connectivity index is 1.49. The van der Waals surface area contributed by atoms with Crippen molar-refractivity contribution < 1.29 is 4.79 Å². The lowest BCUT2D eigenvalue weighted by atomic mass is 9.54. The molecular weight excluding hydrogens is 260 g/mol. The topological polar surface area (TPSA) is 46.3 Å². The highest BCUT2D eigenvalue weighted by Crippen LogP contribution is 2.55. The van der Waals surface area contributed by atoms with E-state index in [2.05, 4.69) is 11.9 Å².